The van der Waals surface area contributed by atoms with Crippen LogP contribution in [0.1, 0.15) is 129 Å². The van der Waals surface area contributed by atoms with Gasteiger partial charge in [0.1, 0.15) is 6.10 Å². The monoisotopic (exact) mass is 375 g/mol. The molecule has 0 aromatic rings. The maximum absolute atomic E-state index is 10.5. The van der Waals surface area contributed by atoms with Crippen molar-refractivity contribution < 1.29 is 14.0 Å². The average molecular weight is 376 g/mol. The summed E-state index contributed by atoms with van der Waals surface area (Å²) in [4.78, 5) is 8.65. The van der Waals surface area contributed by atoms with Gasteiger partial charge in [-0.3, -0.25) is 0 Å². The molecule has 0 aromatic heterocycles. The van der Waals surface area contributed by atoms with Crippen LogP contribution in [0, 0.1) is 0 Å². The van der Waals surface area contributed by atoms with Gasteiger partial charge in [-0.1, -0.05) is 116 Å². The highest BCUT2D eigenvalue weighted by atomic mass is 31.1. The predicted molar refractivity (Wildman–Crippen MR) is 109 cm³/mol. The summed E-state index contributed by atoms with van der Waals surface area (Å²) >= 11 is 0. The van der Waals surface area contributed by atoms with Crippen molar-refractivity contribution in [1.82, 2.24) is 0 Å². The summed E-state index contributed by atoms with van der Waals surface area (Å²) in [5.41, 5.74) is 0. The third-order valence-electron chi connectivity index (χ3n) is 4.98. The van der Waals surface area contributed by atoms with Gasteiger partial charge in [-0.25, -0.2) is 0 Å². The molecule has 3 nitrogen and oxygen atoms in total. The van der Waals surface area contributed by atoms with Crippen molar-refractivity contribution in [2.24, 2.45) is 0 Å². The molecule has 0 amide bonds. The van der Waals surface area contributed by atoms with Crippen molar-refractivity contribution in [3.8, 4) is 0 Å². The molecule has 0 rings (SSSR count). The highest BCUT2D eigenvalue weighted by Crippen LogP contribution is 2.21. The van der Waals surface area contributed by atoms with Crippen LogP contribution in [0.5, 0.6) is 0 Å². The van der Waals surface area contributed by atoms with Crippen molar-refractivity contribution in [2.45, 2.75) is 136 Å². The van der Waals surface area contributed by atoms with Gasteiger partial charge in [0, 0.05) is 4.57 Å². The second-order valence-corrected chi connectivity index (χ2v) is 8.29. The fraction of sp³-hybridized carbons (Fsp3) is 1.00. The Labute approximate surface area is 158 Å². The number of hydrogen-bond acceptors (Lipinski definition) is 2. The van der Waals surface area contributed by atoms with Crippen LogP contribution in [0.15, 0.2) is 0 Å². The molecule has 0 saturated heterocycles. The van der Waals surface area contributed by atoms with Crippen molar-refractivity contribution in [2.75, 3.05) is 0 Å². The Kier molecular flexibility index (Phi) is 20.3. The minimum atomic E-state index is -2.44. The smallest absolute Gasteiger partial charge is 0.133 e. The van der Waals surface area contributed by atoms with E-state index < -0.39 is 8.25 Å². The Balaban J connectivity index is 3.06. The van der Waals surface area contributed by atoms with E-state index in [9.17, 15) is 4.57 Å². The van der Waals surface area contributed by atoms with Crippen molar-refractivity contribution in [3.63, 3.8) is 0 Å². The summed E-state index contributed by atoms with van der Waals surface area (Å²) in [6, 6.07) is 0. The summed E-state index contributed by atoms with van der Waals surface area (Å²) in [5.74, 6) is 0. The maximum atomic E-state index is 10.5. The Hall–Kier alpha value is 0.0200. The lowest BCUT2D eigenvalue weighted by Crippen LogP contribution is -2.02. The Morgan fingerprint density at radius 2 is 1.00 bits per heavy atom. The average Bonchev–Trinajstić information content (AvgIpc) is 2.57. The topological polar surface area (TPSA) is 46.5 Å². The zero-order chi connectivity index (χ0) is 18.6. The summed E-state index contributed by atoms with van der Waals surface area (Å²) in [6.45, 7) is 4.15. The largest absolute Gasteiger partial charge is 0.694 e. The third kappa shape index (κ3) is 22.0. The summed E-state index contributed by atoms with van der Waals surface area (Å²) < 4.78 is 15.4. The second kappa shape index (κ2) is 20.3. The van der Waals surface area contributed by atoms with Crippen LogP contribution in [0.2, 0.25) is 0 Å². The molecule has 2 atom stereocenters. The molecule has 0 aliphatic rings. The molecule has 0 spiro atoms. The standard InChI is InChI=1S/C21H43O3P/c1-3-4-5-6-7-8-9-10-11-12-13-14-15-16-17-18-19-20-21(2)24-25(22)23/h21H,3-20H2,1-2H3/p+1. The first-order chi connectivity index (χ1) is 12.2. The van der Waals surface area contributed by atoms with Crippen molar-refractivity contribution >= 4 is 8.25 Å². The van der Waals surface area contributed by atoms with Gasteiger partial charge >= 0.3 is 8.25 Å². The minimum Gasteiger partial charge on any atom is -0.133 e. The number of hydrogen-bond donors (Lipinski definition) is 1. The van der Waals surface area contributed by atoms with E-state index in [1.54, 1.807) is 0 Å². The molecule has 0 aromatic carbocycles. The Morgan fingerprint density at radius 3 is 1.32 bits per heavy atom. The minimum absolute atomic E-state index is 0.0926. The van der Waals surface area contributed by atoms with E-state index in [0.717, 1.165) is 12.8 Å². The van der Waals surface area contributed by atoms with Gasteiger partial charge in [0.2, 0.25) is 0 Å². The van der Waals surface area contributed by atoms with Gasteiger partial charge in [-0.05, 0) is 13.3 Å². The van der Waals surface area contributed by atoms with Crippen LogP contribution in [0.4, 0.5) is 0 Å². The highest BCUT2D eigenvalue weighted by molar-refractivity contribution is 7.32. The lowest BCUT2D eigenvalue weighted by molar-refractivity contribution is 0.192. The first-order valence-corrected chi connectivity index (χ1v) is 12.1. The normalized spacial score (nSPS) is 13.2. The van der Waals surface area contributed by atoms with Crippen LogP contribution in [-0.4, -0.2) is 11.0 Å². The second-order valence-electron chi connectivity index (χ2n) is 7.60. The van der Waals surface area contributed by atoms with E-state index in [4.69, 9.17) is 9.42 Å². The van der Waals surface area contributed by atoms with Crippen LogP contribution < -0.4 is 0 Å². The van der Waals surface area contributed by atoms with E-state index in [0.29, 0.717) is 0 Å². The SMILES string of the molecule is CCCCCCCCCCCCCCCCCCCC(C)O[P+](=O)O. The fourth-order valence-corrected chi connectivity index (χ4v) is 3.78. The Morgan fingerprint density at radius 1 is 0.680 bits per heavy atom. The van der Waals surface area contributed by atoms with Crippen LogP contribution in [0.25, 0.3) is 0 Å². The van der Waals surface area contributed by atoms with Crippen LogP contribution >= 0.6 is 8.25 Å². The molecular formula is C21H44O3P+. The molecule has 0 bridgehead atoms. The number of unbranched alkanes of at least 4 members (excludes halogenated alkanes) is 16. The molecule has 150 valence electrons. The molecule has 2 unspecified atom stereocenters. The van der Waals surface area contributed by atoms with E-state index in [1.807, 2.05) is 6.92 Å². The van der Waals surface area contributed by atoms with Crippen molar-refractivity contribution in [1.29, 1.82) is 0 Å². The van der Waals surface area contributed by atoms with Gasteiger partial charge in [0.15, 0.2) is 0 Å². The lowest BCUT2D eigenvalue weighted by Gasteiger charge is -2.05. The molecular weight excluding hydrogens is 331 g/mol. The fourth-order valence-electron chi connectivity index (χ4n) is 3.36. The zero-order valence-electron chi connectivity index (χ0n) is 17.0. The van der Waals surface area contributed by atoms with Gasteiger partial charge < -0.3 is 0 Å². The summed E-state index contributed by atoms with van der Waals surface area (Å²) in [5, 5.41) is 0. The van der Waals surface area contributed by atoms with Gasteiger partial charge in [-0.2, -0.15) is 0 Å². The molecule has 25 heavy (non-hydrogen) atoms. The molecule has 0 aliphatic carbocycles. The maximum Gasteiger partial charge on any atom is 0.694 e. The highest BCUT2D eigenvalue weighted by Gasteiger charge is 2.17. The lowest BCUT2D eigenvalue weighted by atomic mass is 10.0. The van der Waals surface area contributed by atoms with Crippen LogP contribution in [0.3, 0.4) is 0 Å². The number of rotatable bonds is 20. The van der Waals surface area contributed by atoms with E-state index in [2.05, 4.69) is 6.92 Å². The molecule has 0 radical (unpaired) electrons. The first kappa shape index (κ1) is 25.0. The van der Waals surface area contributed by atoms with Gasteiger partial charge in [0.05, 0.1) is 0 Å². The summed E-state index contributed by atoms with van der Waals surface area (Å²) in [7, 11) is -2.44. The molecule has 0 aliphatic heterocycles. The molecule has 0 fully saturated rings. The molecule has 0 saturated carbocycles. The van der Waals surface area contributed by atoms with E-state index in [-0.39, 0.29) is 6.10 Å². The van der Waals surface area contributed by atoms with Gasteiger partial charge in [0.25, 0.3) is 0 Å². The quantitative estimate of drug-likeness (QED) is 0.173. The Bertz CT molecular complexity index is 284. The van der Waals surface area contributed by atoms with E-state index in [1.165, 1.54) is 103 Å². The predicted octanol–water partition coefficient (Wildman–Crippen LogP) is 8.08. The van der Waals surface area contributed by atoms with Crippen molar-refractivity contribution in [3.05, 3.63) is 0 Å². The van der Waals surface area contributed by atoms with E-state index >= 15 is 0 Å². The van der Waals surface area contributed by atoms with Crippen LogP contribution in [-0.2, 0) is 9.09 Å². The third-order valence-corrected chi connectivity index (χ3v) is 5.52. The molecule has 1 N–H and O–H groups in total. The molecule has 0 heterocycles. The zero-order valence-corrected chi connectivity index (χ0v) is 17.9. The van der Waals surface area contributed by atoms with Gasteiger partial charge in [-0.15, -0.1) is 9.42 Å². The first-order valence-electron chi connectivity index (χ1n) is 11.0. The molecule has 4 heteroatoms. The summed E-state index contributed by atoms with van der Waals surface area (Å²) in [6.07, 6.45) is 24.2.